The van der Waals surface area contributed by atoms with Crippen molar-refractivity contribution < 1.29 is 9.21 Å². The van der Waals surface area contributed by atoms with Gasteiger partial charge in [-0.05, 0) is 50.1 Å². The van der Waals surface area contributed by atoms with Gasteiger partial charge in [-0.2, -0.15) is 5.10 Å². The van der Waals surface area contributed by atoms with Crippen LogP contribution in [0.5, 0.6) is 0 Å². The van der Waals surface area contributed by atoms with E-state index in [1.165, 1.54) is 5.56 Å². The Labute approximate surface area is 162 Å². The summed E-state index contributed by atoms with van der Waals surface area (Å²) >= 11 is 0. The van der Waals surface area contributed by atoms with Crippen LogP contribution in [0.1, 0.15) is 35.8 Å². The van der Waals surface area contributed by atoms with Crippen LogP contribution >= 0.6 is 0 Å². The minimum absolute atomic E-state index is 0.0338. The van der Waals surface area contributed by atoms with Gasteiger partial charge >= 0.3 is 0 Å². The molecule has 6 nitrogen and oxygen atoms in total. The summed E-state index contributed by atoms with van der Waals surface area (Å²) in [6.07, 6.45) is 4.22. The fraction of sp³-hybridized carbons (Fsp3) is 0.227. The lowest BCUT2D eigenvalue weighted by atomic mass is 10.1. The molecule has 0 bridgehead atoms. The quantitative estimate of drug-likeness (QED) is 0.532. The third-order valence-corrected chi connectivity index (χ3v) is 5.19. The molecule has 28 heavy (non-hydrogen) atoms. The fourth-order valence-corrected chi connectivity index (χ4v) is 3.82. The van der Waals surface area contributed by atoms with Gasteiger partial charge in [-0.25, -0.2) is 9.67 Å². The van der Waals surface area contributed by atoms with Crippen LogP contribution in [0, 0.1) is 0 Å². The second kappa shape index (κ2) is 6.34. The van der Waals surface area contributed by atoms with Gasteiger partial charge in [0.05, 0.1) is 23.4 Å². The van der Waals surface area contributed by atoms with Crippen molar-refractivity contribution in [2.45, 2.75) is 26.3 Å². The molecular formula is C22H20N4O2. The van der Waals surface area contributed by atoms with Crippen LogP contribution in [-0.4, -0.2) is 27.2 Å². The number of amides is 1. The molecule has 0 saturated carbocycles. The summed E-state index contributed by atoms with van der Waals surface area (Å²) in [7, 11) is 0. The molecule has 0 fully saturated rings. The number of carbonyl (C=O) groups excluding carboxylic acids is 1. The number of aromatic nitrogens is 3. The van der Waals surface area contributed by atoms with E-state index in [0.29, 0.717) is 29.2 Å². The Morgan fingerprint density at radius 1 is 1.18 bits per heavy atom. The largest absolute Gasteiger partial charge is 0.463 e. The predicted molar refractivity (Wildman–Crippen MR) is 107 cm³/mol. The van der Waals surface area contributed by atoms with Crippen LogP contribution < -0.4 is 4.90 Å². The molecule has 6 heteroatoms. The molecule has 3 aromatic heterocycles. The van der Waals surface area contributed by atoms with Gasteiger partial charge in [0.2, 0.25) is 0 Å². The number of pyridine rings is 1. The number of hydrogen-bond acceptors (Lipinski definition) is 4. The number of carbonyl (C=O) groups is 1. The van der Waals surface area contributed by atoms with Crippen LogP contribution in [0.25, 0.3) is 22.5 Å². The molecule has 1 amide bonds. The fourth-order valence-electron chi connectivity index (χ4n) is 3.82. The highest BCUT2D eigenvalue weighted by Gasteiger charge is 2.28. The Balaban J connectivity index is 1.69. The minimum Gasteiger partial charge on any atom is -0.463 e. The Bertz CT molecular complexity index is 1170. The van der Waals surface area contributed by atoms with Crippen molar-refractivity contribution in [1.29, 1.82) is 0 Å². The first-order valence-corrected chi connectivity index (χ1v) is 9.45. The predicted octanol–water partition coefficient (Wildman–Crippen LogP) is 4.48. The number of hydrogen-bond donors (Lipinski definition) is 0. The van der Waals surface area contributed by atoms with Crippen molar-refractivity contribution in [3.8, 4) is 11.5 Å². The van der Waals surface area contributed by atoms with Crippen molar-refractivity contribution >= 4 is 22.6 Å². The molecule has 0 radical (unpaired) electrons. The average Bonchev–Trinajstić information content (AvgIpc) is 3.45. The second-order valence-electron chi connectivity index (χ2n) is 7.29. The van der Waals surface area contributed by atoms with Gasteiger partial charge in [0.25, 0.3) is 5.91 Å². The maximum atomic E-state index is 13.6. The lowest BCUT2D eigenvalue weighted by Crippen LogP contribution is -2.29. The third-order valence-electron chi connectivity index (χ3n) is 5.19. The molecule has 1 aliphatic heterocycles. The number of fused-ring (bicyclic) bond motifs is 2. The van der Waals surface area contributed by atoms with Gasteiger partial charge in [0, 0.05) is 18.3 Å². The molecule has 0 unspecified atom stereocenters. The molecule has 1 aliphatic rings. The maximum absolute atomic E-state index is 13.6. The van der Waals surface area contributed by atoms with E-state index in [4.69, 9.17) is 9.40 Å². The summed E-state index contributed by atoms with van der Waals surface area (Å²) in [6, 6.07) is 13.7. The first-order valence-electron chi connectivity index (χ1n) is 9.45. The van der Waals surface area contributed by atoms with Crippen LogP contribution in [0.15, 0.2) is 59.3 Å². The van der Waals surface area contributed by atoms with E-state index in [2.05, 4.69) is 11.2 Å². The lowest BCUT2D eigenvalue weighted by Gasteiger charge is -2.18. The summed E-state index contributed by atoms with van der Waals surface area (Å²) in [6.45, 7) is 4.77. The van der Waals surface area contributed by atoms with Crippen molar-refractivity contribution in [3.05, 3.63) is 66.1 Å². The number of para-hydroxylation sites is 1. The molecule has 0 N–H and O–H groups in total. The average molecular weight is 372 g/mol. The minimum atomic E-state index is -0.0338. The molecule has 140 valence electrons. The second-order valence-corrected chi connectivity index (χ2v) is 7.29. The van der Waals surface area contributed by atoms with Gasteiger partial charge in [0.1, 0.15) is 5.69 Å². The van der Waals surface area contributed by atoms with Gasteiger partial charge < -0.3 is 9.32 Å². The van der Waals surface area contributed by atoms with Gasteiger partial charge in [0.15, 0.2) is 11.4 Å². The zero-order chi connectivity index (χ0) is 19.3. The molecule has 0 saturated heterocycles. The van der Waals surface area contributed by atoms with Crippen LogP contribution in [0.4, 0.5) is 5.69 Å². The van der Waals surface area contributed by atoms with Crippen molar-refractivity contribution in [2.24, 2.45) is 0 Å². The van der Waals surface area contributed by atoms with E-state index in [9.17, 15) is 4.79 Å². The number of nitrogens with zero attached hydrogens (tertiary/aromatic N) is 4. The molecule has 0 atom stereocenters. The number of rotatable bonds is 3. The van der Waals surface area contributed by atoms with E-state index in [1.807, 2.05) is 59.8 Å². The summed E-state index contributed by atoms with van der Waals surface area (Å²) in [5.41, 5.74) is 4.11. The van der Waals surface area contributed by atoms with Gasteiger partial charge in [-0.3, -0.25) is 4.79 Å². The van der Waals surface area contributed by atoms with E-state index >= 15 is 0 Å². The molecule has 0 spiro atoms. The molecule has 1 aromatic carbocycles. The molecule has 4 aromatic rings. The highest BCUT2D eigenvalue weighted by molar-refractivity contribution is 6.14. The zero-order valence-electron chi connectivity index (χ0n) is 15.8. The Hall–Kier alpha value is -3.41. The number of furan rings is 1. The summed E-state index contributed by atoms with van der Waals surface area (Å²) in [4.78, 5) is 20.2. The van der Waals surface area contributed by atoms with E-state index < -0.39 is 0 Å². The van der Waals surface area contributed by atoms with E-state index in [0.717, 1.165) is 17.5 Å². The third kappa shape index (κ3) is 2.52. The smallest absolute Gasteiger partial charge is 0.259 e. The summed E-state index contributed by atoms with van der Waals surface area (Å²) in [5, 5.41) is 5.25. The van der Waals surface area contributed by atoms with Crippen LogP contribution in [-0.2, 0) is 6.42 Å². The highest BCUT2D eigenvalue weighted by atomic mass is 16.3. The summed E-state index contributed by atoms with van der Waals surface area (Å²) < 4.78 is 7.39. The van der Waals surface area contributed by atoms with Crippen molar-refractivity contribution in [3.63, 3.8) is 0 Å². The SMILES string of the molecule is CC(C)n1ncc2c(C(=O)N3CCc4ccccc43)cc(-c3ccco3)nc21. The molecule has 4 heterocycles. The summed E-state index contributed by atoms with van der Waals surface area (Å²) in [5.74, 6) is 0.600. The highest BCUT2D eigenvalue weighted by Crippen LogP contribution is 2.32. The van der Waals surface area contributed by atoms with Gasteiger partial charge in [-0.15, -0.1) is 0 Å². The van der Waals surface area contributed by atoms with Crippen molar-refractivity contribution in [1.82, 2.24) is 14.8 Å². The number of anilines is 1. The molecular weight excluding hydrogens is 352 g/mol. The Morgan fingerprint density at radius 2 is 2.04 bits per heavy atom. The standard InChI is InChI=1S/C22H20N4O2/c1-14(2)26-21-17(13-23-26)16(12-18(24-21)20-8-5-11-28-20)22(27)25-10-9-15-6-3-4-7-19(15)25/h3-8,11-14H,9-10H2,1-2H3. The van der Waals surface area contributed by atoms with Crippen molar-refractivity contribution in [2.75, 3.05) is 11.4 Å². The first-order chi connectivity index (χ1) is 13.6. The van der Waals surface area contributed by atoms with E-state index in [1.54, 1.807) is 12.5 Å². The Kier molecular flexibility index (Phi) is 3.79. The van der Waals surface area contributed by atoms with E-state index in [-0.39, 0.29) is 11.9 Å². The van der Waals surface area contributed by atoms with Crippen LogP contribution in [0.2, 0.25) is 0 Å². The monoisotopic (exact) mass is 372 g/mol. The maximum Gasteiger partial charge on any atom is 0.259 e. The molecule has 5 rings (SSSR count). The zero-order valence-corrected chi connectivity index (χ0v) is 15.8. The first kappa shape index (κ1) is 16.7. The van der Waals surface area contributed by atoms with Gasteiger partial charge in [-0.1, -0.05) is 18.2 Å². The molecule has 0 aliphatic carbocycles. The Morgan fingerprint density at radius 3 is 2.82 bits per heavy atom. The number of benzene rings is 1. The topological polar surface area (TPSA) is 64.2 Å². The normalized spacial score (nSPS) is 13.5. The lowest BCUT2D eigenvalue weighted by molar-refractivity contribution is 0.0991. The van der Waals surface area contributed by atoms with Crippen LogP contribution in [0.3, 0.4) is 0 Å².